The van der Waals surface area contributed by atoms with E-state index in [0.717, 1.165) is 0 Å². The van der Waals surface area contributed by atoms with Gasteiger partial charge in [0.05, 0.1) is 4.47 Å². The van der Waals surface area contributed by atoms with Crippen LogP contribution < -0.4 is 5.32 Å². The Labute approximate surface area is 118 Å². The van der Waals surface area contributed by atoms with Crippen LogP contribution >= 0.6 is 27.5 Å². The highest BCUT2D eigenvalue weighted by molar-refractivity contribution is 9.10. The van der Waals surface area contributed by atoms with Crippen molar-refractivity contribution in [2.45, 2.75) is 0 Å². The van der Waals surface area contributed by atoms with Crippen molar-refractivity contribution in [3.63, 3.8) is 0 Å². The molecule has 0 aliphatic rings. The number of aromatic hydroxyl groups is 1. The van der Waals surface area contributed by atoms with Crippen LogP contribution in [0.1, 0.15) is 10.4 Å². The quantitative estimate of drug-likeness (QED) is 0.874. The Hall–Kier alpha value is -1.52. The second-order valence-corrected chi connectivity index (χ2v) is 4.92. The topological polar surface area (TPSA) is 49.3 Å². The molecule has 0 heterocycles. The highest BCUT2D eigenvalue weighted by Crippen LogP contribution is 2.26. The summed E-state index contributed by atoms with van der Waals surface area (Å²) in [6, 6.07) is 11.4. The molecule has 0 atom stereocenters. The number of amides is 1. The van der Waals surface area contributed by atoms with Crippen molar-refractivity contribution in [3.8, 4) is 5.75 Å². The van der Waals surface area contributed by atoms with Crippen molar-refractivity contribution in [3.05, 3.63) is 57.5 Å². The van der Waals surface area contributed by atoms with Crippen LogP contribution in [0.15, 0.2) is 46.9 Å². The fourth-order valence-corrected chi connectivity index (χ4v) is 1.77. The average Bonchev–Trinajstić information content (AvgIpc) is 2.34. The Balaban J connectivity index is 2.16. The maximum absolute atomic E-state index is 11.9. The van der Waals surface area contributed by atoms with Gasteiger partial charge in [-0.2, -0.15) is 0 Å². The molecule has 18 heavy (non-hydrogen) atoms. The SMILES string of the molecule is O=C(Nc1ccc(Br)c(O)c1)c1ccc(Cl)cc1. The Morgan fingerprint density at radius 3 is 2.44 bits per heavy atom. The first-order valence-corrected chi connectivity index (χ1v) is 6.29. The number of hydrogen-bond acceptors (Lipinski definition) is 2. The van der Waals surface area contributed by atoms with Gasteiger partial charge in [0.1, 0.15) is 5.75 Å². The fourth-order valence-electron chi connectivity index (χ4n) is 1.39. The lowest BCUT2D eigenvalue weighted by Crippen LogP contribution is -2.11. The molecule has 3 nitrogen and oxygen atoms in total. The van der Waals surface area contributed by atoms with Gasteiger partial charge in [-0.25, -0.2) is 0 Å². The molecule has 0 bridgehead atoms. The number of benzene rings is 2. The highest BCUT2D eigenvalue weighted by atomic mass is 79.9. The largest absolute Gasteiger partial charge is 0.507 e. The lowest BCUT2D eigenvalue weighted by Gasteiger charge is -2.06. The van der Waals surface area contributed by atoms with Crippen LogP contribution in [0, 0.1) is 0 Å². The van der Waals surface area contributed by atoms with E-state index in [-0.39, 0.29) is 11.7 Å². The molecule has 0 aromatic heterocycles. The summed E-state index contributed by atoms with van der Waals surface area (Å²) in [5, 5.41) is 12.8. The molecule has 1 amide bonds. The molecule has 2 aromatic rings. The number of carbonyl (C=O) groups excluding carboxylic acids is 1. The average molecular weight is 327 g/mol. The number of phenols is 1. The molecule has 0 aliphatic carbocycles. The predicted molar refractivity (Wildman–Crippen MR) is 75.2 cm³/mol. The monoisotopic (exact) mass is 325 g/mol. The van der Waals surface area contributed by atoms with Gasteiger partial charge in [-0.3, -0.25) is 4.79 Å². The number of halogens is 2. The van der Waals surface area contributed by atoms with E-state index in [1.54, 1.807) is 36.4 Å². The van der Waals surface area contributed by atoms with E-state index in [1.165, 1.54) is 6.07 Å². The number of carbonyl (C=O) groups is 1. The molecular weight excluding hydrogens is 318 g/mol. The molecule has 2 N–H and O–H groups in total. The third kappa shape index (κ3) is 3.03. The van der Waals surface area contributed by atoms with E-state index in [0.29, 0.717) is 20.7 Å². The second kappa shape index (κ2) is 5.42. The Kier molecular flexibility index (Phi) is 3.89. The smallest absolute Gasteiger partial charge is 0.255 e. The molecule has 92 valence electrons. The molecule has 0 saturated carbocycles. The first-order chi connectivity index (χ1) is 8.56. The zero-order chi connectivity index (χ0) is 13.1. The zero-order valence-corrected chi connectivity index (χ0v) is 11.5. The van der Waals surface area contributed by atoms with Crippen molar-refractivity contribution in [2.24, 2.45) is 0 Å². The van der Waals surface area contributed by atoms with Gasteiger partial charge >= 0.3 is 0 Å². The molecule has 0 spiro atoms. The molecule has 0 radical (unpaired) electrons. The normalized spacial score (nSPS) is 10.1. The molecular formula is C13H9BrClNO2. The van der Waals surface area contributed by atoms with Gasteiger partial charge < -0.3 is 10.4 Å². The Morgan fingerprint density at radius 1 is 1.17 bits per heavy atom. The van der Waals surface area contributed by atoms with Crippen LogP contribution in [-0.4, -0.2) is 11.0 Å². The van der Waals surface area contributed by atoms with E-state index in [4.69, 9.17) is 11.6 Å². The highest BCUT2D eigenvalue weighted by Gasteiger charge is 2.07. The van der Waals surface area contributed by atoms with Crippen LogP contribution in [0.2, 0.25) is 5.02 Å². The number of nitrogens with one attached hydrogen (secondary N) is 1. The second-order valence-electron chi connectivity index (χ2n) is 3.63. The Bertz CT molecular complexity index is 584. The lowest BCUT2D eigenvalue weighted by molar-refractivity contribution is 0.102. The van der Waals surface area contributed by atoms with Crippen LogP contribution in [0.5, 0.6) is 5.75 Å². The summed E-state index contributed by atoms with van der Waals surface area (Å²) in [6.07, 6.45) is 0. The lowest BCUT2D eigenvalue weighted by atomic mass is 10.2. The van der Waals surface area contributed by atoms with E-state index in [1.807, 2.05) is 0 Å². The van der Waals surface area contributed by atoms with Crippen LogP contribution in [-0.2, 0) is 0 Å². The predicted octanol–water partition coefficient (Wildman–Crippen LogP) is 4.06. The first-order valence-electron chi connectivity index (χ1n) is 5.12. The molecule has 0 aliphatic heterocycles. The Morgan fingerprint density at radius 2 is 1.83 bits per heavy atom. The first kappa shape index (κ1) is 12.9. The van der Waals surface area contributed by atoms with Crippen LogP contribution in [0.3, 0.4) is 0 Å². The van der Waals surface area contributed by atoms with Gasteiger partial charge in [-0.15, -0.1) is 0 Å². The number of anilines is 1. The molecule has 2 rings (SSSR count). The van der Waals surface area contributed by atoms with Gasteiger partial charge in [-0.1, -0.05) is 11.6 Å². The third-order valence-corrected chi connectivity index (χ3v) is 3.23. The molecule has 0 saturated heterocycles. The van der Waals surface area contributed by atoms with Gasteiger partial charge in [0, 0.05) is 22.3 Å². The van der Waals surface area contributed by atoms with Crippen molar-refractivity contribution in [2.75, 3.05) is 5.32 Å². The van der Waals surface area contributed by atoms with Gasteiger partial charge in [0.15, 0.2) is 0 Å². The van der Waals surface area contributed by atoms with Gasteiger partial charge in [-0.05, 0) is 52.3 Å². The van der Waals surface area contributed by atoms with E-state index < -0.39 is 0 Å². The number of hydrogen-bond donors (Lipinski definition) is 2. The number of phenolic OH excluding ortho intramolecular Hbond substituents is 1. The van der Waals surface area contributed by atoms with Crippen LogP contribution in [0.4, 0.5) is 5.69 Å². The van der Waals surface area contributed by atoms with E-state index in [9.17, 15) is 9.90 Å². The zero-order valence-electron chi connectivity index (χ0n) is 9.15. The maximum atomic E-state index is 11.9. The summed E-state index contributed by atoms with van der Waals surface area (Å²) in [5.41, 5.74) is 1.03. The minimum Gasteiger partial charge on any atom is -0.507 e. The summed E-state index contributed by atoms with van der Waals surface area (Å²) in [7, 11) is 0. The van der Waals surface area contributed by atoms with Crippen molar-refractivity contribution in [1.82, 2.24) is 0 Å². The minimum absolute atomic E-state index is 0.0731. The van der Waals surface area contributed by atoms with Gasteiger partial charge in [0.2, 0.25) is 0 Å². The molecule has 0 fully saturated rings. The summed E-state index contributed by atoms with van der Waals surface area (Å²) >= 11 is 8.92. The van der Waals surface area contributed by atoms with Crippen LogP contribution in [0.25, 0.3) is 0 Å². The number of rotatable bonds is 2. The van der Waals surface area contributed by atoms with Crippen molar-refractivity contribution in [1.29, 1.82) is 0 Å². The fraction of sp³-hybridized carbons (Fsp3) is 0. The molecule has 2 aromatic carbocycles. The molecule has 0 unspecified atom stereocenters. The maximum Gasteiger partial charge on any atom is 0.255 e. The van der Waals surface area contributed by atoms with E-state index >= 15 is 0 Å². The van der Waals surface area contributed by atoms with Crippen molar-refractivity contribution >= 4 is 39.1 Å². The summed E-state index contributed by atoms with van der Waals surface area (Å²) in [4.78, 5) is 11.9. The summed E-state index contributed by atoms with van der Waals surface area (Å²) < 4.78 is 0.576. The van der Waals surface area contributed by atoms with Gasteiger partial charge in [0.25, 0.3) is 5.91 Å². The standard InChI is InChI=1S/C13H9BrClNO2/c14-11-6-5-10(7-12(11)17)16-13(18)8-1-3-9(15)4-2-8/h1-7,17H,(H,16,18). The third-order valence-electron chi connectivity index (χ3n) is 2.31. The van der Waals surface area contributed by atoms with E-state index in [2.05, 4.69) is 21.2 Å². The summed E-state index contributed by atoms with van der Waals surface area (Å²) in [5.74, 6) is -0.183. The molecule has 5 heteroatoms. The summed E-state index contributed by atoms with van der Waals surface area (Å²) in [6.45, 7) is 0. The minimum atomic E-state index is -0.256. The van der Waals surface area contributed by atoms with Crippen molar-refractivity contribution < 1.29 is 9.90 Å².